The van der Waals surface area contributed by atoms with Crippen LogP contribution in [0.3, 0.4) is 0 Å². The number of hydrogen-bond acceptors (Lipinski definition) is 7. The molecule has 0 spiro atoms. The molecule has 35 heavy (non-hydrogen) atoms. The molecule has 0 bridgehead atoms. The maximum atomic E-state index is 11.6. The summed E-state index contributed by atoms with van der Waals surface area (Å²) in [6.07, 6.45) is 0.312. The average Bonchev–Trinajstić information content (AvgIpc) is 2.83. The lowest BCUT2D eigenvalue weighted by Gasteiger charge is -2.04. The van der Waals surface area contributed by atoms with Gasteiger partial charge in [-0.2, -0.15) is 11.8 Å². The first-order valence-corrected chi connectivity index (χ1v) is 13.1. The number of carbonyl (C=O) groups is 4. The van der Waals surface area contributed by atoms with E-state index in [0.29, 0.717) is 23.6 Å². The zero-order valence-electron chi connectivity index (χ0n) is 19.6. The van der Waals surface area contributed by atoms with E-state index < -0.39 is 11.9 Å². The number of aryl methyl sites for hydroxylation is 1. The zero-order valence-corrected chi connectivity index (χ0v) is 21.2. The molecule has 0 aliphatic rings. The van der Waals surface area contributed by atoms with E-state index in [1.54, 1.807) is 23.9 Å². The molecule has 2 aromatic rings. The molecule has 0 atom stereocenters. The predicted octanol–water partition coefficient (Wildman–Crippen LogP) is 4.12. The van der Waals surface area contributed by atoms with Crippen LogP contribution in [0.15, 0.2) is 59.5 Å². The van der Waals surface area contributed by atoms with Crippen molar-refractivity contribution in [2.24, 2.45) is 0 Å². The Kier molecular flexibility index (Phi) is 15.8. The Balaban J connectivity index is 0.000000351. The van der Waals surface area contributed by atoms with Crippen molar-refractivity contribution in [3.8, 4) is 0 Å². The molecule has 0 saturated heterocycles. The molecule has 190 valence electrons. The van der Waals surface area contributed by atoms with E-state index in [0.717, 1.165) is 10.6 Å². The van der Waals surface area contributed by atoms with E-state index in [1.165, 1.54) is 17.3 Å². The van der Waals surface area contributed by atoms with Gasteiger partial charge in [-0.05, 0) is 31.2 Å². The molecule has 2 aromatic carbocycles. The number of amides is 1. The van der Waals surface area contributed by atoms with E-state index in [-0.39, 0.29) is 37.7 Å². The highest BCUT2D eigenvalue weighted by Crippen LogP contribution is 2.19. The van der Waals surface area contributed by atoms with E-state index >= 15 is 0 Å². The monoisotopic (exact) mass is 521 g/mol. The second-order valence-corrected chi connectivity index (χ2v) is 9.55. The summed E-state index contributed by atoms with van der Waals surface area (Å²) >= 11 is 3.10. The molecular formula is C25H31NO7S2. The Bertz CT molecular complexity index is 921. The summed E-state index contributed by atoms with van der Waals surface area (Å²) in [5, 5.41) is 19.6. The molecule has 0 aliphatic heterocycles. The summed E-state index contributed by atoms with van der Waals surface area (Å²) in [7, 11) is 0. The molecule has 2 rings (SSSR count). The predicted molar refractivity (Wildman–Crippen MR) is 138 cm³/mol. The zero-order chi connectivity index (χ0) is 25.9. The van der Waals surface area contributed by atoms with Gasteiger partial charge in [0.15, 0.2) is 0 Å². The minimum atomic E-state index is -0.961. The van der Waals surface area contributed by atoms with Crippen LogP contribution in [-0.4, -0.2) is 64.4 Å². The van der Waals surface area contributed by atoms with Crippen molar-refractivity contribution in [2.75, 3.05) is 30.4 Å². The Morgan fingerprint density at radius 2 is 1.49 bits per heavy atom. The minimum absolute atomic E-state index is 0.0522. The second kappa shape index (κ2) is 18.4. The van der Waals surface area contributed by atoms with Gasteiger partial charge in [0.05, 0.1) is 19.3 Å². The maximum Gasteiger partial charge on any atom is 0.306 e. The fourth-order valence-electron chi connectivity index (χ4n) is 2.40. The average molecular weight is 522 g/mol. The van der Waals surface area contributed by atoms with Crippen LogP contribution in [0.4, 0.5) is 0 Å². The van der Waals surface area contributed by atoms with Gasteiger partial charge in [-0.15, -0.1) is 11.8 Å². The molecule has 0 radical (unpaired) electrons. The summed E-state index contributed by atoms with van der Waals surface area (Å²) in [4.78, 5) is 44.4. The first-order valence-electron chi connectivity index (χ1n) is 11.0. The highest BCUT2D eigenvalue weighted by molar-refractivity contribution is 7.99. The third-order valence-corrected chi connectivity index (χ3v) is 6.20. The fourth-order valence-corrected chi connectivity index (χ4v) is 4.00. The van der Waals surface area contributed by atoms with Crippen molar-refractivity contribution >= 4 is 47.3 Å². The number of esters is 1. The number of aliphatic carboxylic acids is 2. The Morgan fingerprint density at radius 3 is 2.11 bits per heavy atom. The Labute approximate surface area is 213 Å². The highest BCUT2D eigenvalue weighted by Gasteiger charge is 2.05. The molecule has 1 amide bonds. The Morgan fingerprint density at radius 1 is 0.829 bits per heavy atom. The van der Waals surface area contributed by atoms with Crippen molar-refractivity contribution in [3.05, 3.63) is 65.7 Å². The Hall–Kier alpha value is -2.98. The molecule has 0 aliphatic carbocycles. The molecule has 0 saturated carbocycles. The largest absolute Gasteiger partial charge is 0.481 e. The van der Waals surface area contributed by atoms with Crippen molar-refractivity contribution in [1.29, 1.82) is 0 Å². The SMILES string of the molecule is Cc1ccc(SCCC(=O)OCCC(=O)O)cc1.O=C(O)CCSCCNC(=O)c1ccccc1. The van der Waals surface area contributed by atoms with Crippen LogP contribution in [-0.2, 0) is 19.1 Å². The van der Waals surface area contributed by atoms with Gasteiger partial charge in [-0.25, -0.2) is 0 Å². The number of rotatable bonds is 14. The van der Waals surface area contributed by atoms with E-state index in [2.05, 4.69) is 5.32 Å². The van der Waals surface area contributed by atoms with Crippen molar-refractivity contribution in [3.63, 3.8) is 0 Å². The number of nitrogens with one attached hydrogen (secondary N) is 1. The molecule has 8 nitrogen and oxygen atoms in total. The number of carboxylic acids is 2. The quantitative estimate of drug-likeness (QED) is 0.191. The van der Waals surface area contributed by atoms with Gasteiger partial charge < -0.3 is 20.3 Å². The van der Waals surface area contributed by atoms with E-state index in [9.17, 15) is 19.2 Å². The van der Waals surface area contributed by atoms with Gasteiger partial charge in [-0.3, -0.25) is 19.2 Å². The molecular weight excluding hydrogens is 490 g/mol. The van der Waals surface area contributed by atoms with Crippen LogP contribution in [0.5, 0.6) is 0 Å². The summed E-state index contributed by atoms with van der Waals surface area (Å²) in [6.45, 7) is 2.52. The number of carbonyl (C=O) groups excluding carboxylic acids is 2. The van der Waals surface area contributed by atoms with Crippen LogP contribution < -0.4 is 5.32 Å². The van der Waals surface area contributed by atoms with Crippen molar-refractivity contribution < 1.29 is 34.1 Å². The first-order chi connectivity index (χ1) is 16.8. The van der Waals surface area contributed by atoms with Gasteiger partial charge in [-0.1, -0.05) is 35.9 Å². The summed E-state index contributed by atoms with van der Waals surface area (Å²) in [5.74, 6) is -0.250. The van der Waals surface area contributed by atoms with Crippen LogP contribution >= 0.6 is 23.5 Å². The third kappa shape index (κ3) is 16.3. The number of thioether (sulfide) groups is 2. The topological polar surface area (TPSA) is 130 Å². The van der Waals surface area contributed by atoms with Gasteiger partial charge in [0.1, 0.15) is 6.61 Å². The number of hydrogen-bond donors (Lipinski definition) is 3. The van der Waals surface area contributed by atoms with E-state index in [4.69, 9.17) is 14.9 Å². The lowest BCUT2D eigenvalue weighted by Crippen LogP contribution is -2.25. The smallest absolute Gasteiger partial charge is 0.306 e. The minimum Gasteiger partial charge on any atom is -0.481 e. The van der Waals surface area contributed by atoms with Crippen molar-refractivity contribution in [2.45, 2.75) is 31.1 Å². The first kappa shape index (κ1) is 30.1. The van der Waals surface area contributed by atoms with Crippen LogP contribution in [0.1, 0.15) is 35.2 Å². The molecule has 3 N–H and O–H groups in total. The fraction of sp³-hybridized carbons (Fsp3) is 0.360. The molecule has 10 heteroatoms. The lowest BCUT2D eigenvalue weighted by atomic mass is 10.2. The number of carboxylic acid groups (broad SMARTS) is 2. The number of ether oxygens (including phenoxy) is 1. The molecule has 0 fully saturated rings. The third-order valence-electron chi connectivity index (χ3n) is 4.20. The summed E-state index contributed by atoms with van der Waals surface area (Å²) in [5.41, 5.74) is 1.84. The van der Waals surface area contributed by atoms with Crippen molar-refractivity contribution in [1.82, 2.24) is 5.32 Å². The second-order valence-electron chi connectivity index (χ2n) is 7.15. The molecule has 0 aromatic heterocycles. The van der Waals surface area contributed by atoms with Crippen LogP contribution in [0.2, 0.25) is 0 Å². The summed E-state index contributed by atoms with van der Waals surface area (Å²) < 4.78 is 4.78. The van der Waals surface area contributed by atoms with Gasteiger partial charge in [0.2, 0.25) is 0 Å². The summed E-state index contributed by atoms with van der Waals surface area (Å²) in [6, 6.07) is 17.1. The van der Waals surface area contributed by atoms with E-state index in [1.807, 2.05) is 49.4 Å². The van der Waals surface area contributed by atoms with Crippen LogP contribution in [0.25, 0.3) is 0 Å². The molecule has 0 unspecified atom stereocenters. The van der Waals surface area contributed by atoms with Crippen LogP contribution in [0, 0.1) is 6.92 Å². The standard InChI is InChI=1S/C13H16O4S.C12H15NO3S/c1-10-2-4-11(5-3-10)18-9-7-13(16)17-8-6-12(14)15;14-11(15)6-8-17-9-7-13-12(16)10-4-2-1-3-5-10/h2-5H,6-9H2,1H3,(H,14,15);1-5H,6-9H2,(H,13,16)(H,14,15). The van der Waals surface area contributed by atoms with Gasteiger partial charge >= 0.3 is 17.9 Å². The highest BCUT2D eigenvalue weighted by atomic mass is 32.2. The number of benzene rings is 2. The maximum absolute atomic E-state index is 11.6. The lowest BCUT2D eigenvalue weighted by molar-refractivity contribution is -0.146. The van der Waals surface area contributed by atoms with Gasteiger partial charge in [0, 0.05) is 34.3 Å². The normalized spacial score (nSPS) is 9.97. The molecule has 0 heterocycles. The van der Waals surface area contributed by atoms with Gasteiger partial charge in [0.25, 0.3) is 5.91 Å².